The van der Waals surface area contributed by atoms with Gasteiger partial charge in [0.05, 0.1) is 25.0 Å². The van der Waals surface area contributed by atoms with Gasteiger partial charge in [-0.25, -0.2) is 14.5 Å². The van der Waals surface area contributed by atoms with Gasteiger partial charge in [0.25, 0.3) is 0 Å². The molecule has 0 spiro atoms. The number of carbonyl (C=O) groups is 2. The van der Waals surface area contributed by atoms with E-state index in [1.165, 1.54) is 12.6 Å². The molecule has 3 rings (SSSR count). The number of imide groups is 1. The maximum atomic E-state index is 12.1. The molecule has 3 amide bonds. The van der Waals surface area contributed by atoms with Gasteiger partial charge in [-0.15, -0.1) is 0 Å². The molecule has 3 aromatic rings. The zero-order chi connectivity index (χ0) is 19.9. The summed E-state index contributed by atoms with van der Waals surface area (Å²) < 4.78 is 6.79. The van der Waals surface area contributed by atoms with Crippen LogP contribution in [0.15, 0.2) is 59.7 Å². The predicted molar refractivity (Wildman–Crippen MR) is 101 cm³/mol. The monoisotopic (exact) mass is 382 g/mol. The Kier molecular flexibility index (Phi) is 6.18. The molecule has 1 atom stereocenters. The zero-order valence-electron chi connectivity index (χ0n) is 15.7. The molecule has 0 fully saturated rings. The van der Waals surface area contributed by atoms with E-state index >= 15 is 0 Å². The largest absolute Gasteiger partial charge is 0.467 e. The van der Waals surface area contributed by atoms with Gasteiger partial charge in [-0.3, -0.25) is 15.0 Å². The Hall–Kier alpha value is -3.46. The van der Waals surface area contributed by atoms with Crippen molar-refractivity contribution in [3.8, 4) is 5.69 Å². The van der Waals surface area contributed by atoms with Gasteiger partial charge in [0.15, 0.2) is 0 Å². The molecule has 2 N–H and O–H groups in total. The van der Waals surface area contributed by atoms with Gasteiger partial charge in [0.2, 0.25) is 5.91 Å². The third-order valence-electron chi connectivity index (χ3n) is 4.37. The highest BCUT2D eigenvalue weighted by molar-refractivity contribution is 5.95. The van der Waals surface area contributed by atoms with E-state index in [2.05, 4.69) is 20.7 Å². The molecule has 0 bridgehead atoms. The molecule has 0 saturated carbocycles. The second kappa shape index (κ2) is 8.96. The van der Waals surface area contributed by atoms with Crippen molar-refractivity contribution in [2.24, 2.45) is 0 Å². The molecule has 0 aliphatic heterocycles. The zero-order valence-corrected chi connectivity index (χ0v) is 15.7. The maximum absolute atomic E-state index is 12.1. The van der Waals surface area contributed by atoms with Crippen LogP contribution < -0.4 is 10.6 Å². The Morgan fingerprint density at radius 2 is 2.04 bits per heavy atom. The average Bonchev–Trinajstić information content (AvgIpc) is 3.39. The third kappa shape index (κ3) is 5.04. The van der Waals surface area contributed by atoms with E-state index in [0.29, 0.717) is 5.76 Å². The van der Waals surface area contributed by atoms with E-state index in [1.807, 2.05) is 43.1 Å². The lowest BCUT2D eigenvalue weighted by atomic mass is 10.1. The number of benzene rings is 1. The molecule has 0 aliphatic rings. The predicted octanol–water partition coefficient (Wildman–Crippen LogP) is 1.88. The summed E-state index contributed by atoms with van der Waals surface area (Å²) in [6.45, 7) is 2.30. The summed E-state index contributed by atoms with van der Waals surface area (Å²) in [5.41, 5.74) is 1.95. The molecule has 2 heterocycles. The van der Waals surface area contributed by atoms with Crippen molar-refractivity contribution in [1.82, 2.24) is 30.3 Å². The van der Waals surface area contributed by atoms with Gasteiger partial charge in [0.1, 0.15) is 18.4 Å². The minimum absolute atomic E-state index is 0.0123. The summed E-state index contributed by atoms with van der Waals surface area (Å²) in [4.78, 5) is 29.7. The normalized spacial score (nSPS) is 12.0. The fourth-order valence-corrected chi connectivity index (χ4v) is 2.66. The first kappa shape index (κ1) is 19.3. The number of aromatic nitrogens is 3. The van der Waals surface area contributed by atoms with Crippen LogP contribution in [0, 0.1) is 0 Å². The Balaban J connectivity index is 1.48. The summed E-state index contributed by atoms with van der Waals surface area (Å²) in [6.07, 6.45) is 4.63. The van der Waals surface area contributed by atoms with Gasteiger partial charge >= 0.3 is 6.03 Å². The van der Waals surface area contributed by atoms with Crippen molar-refractivity contribution in [2.75, 3.05) is 13.6 Å². The number of likely N-dealkylation sites (N-methyl/N-ethyl adjacent to an activating group) is 1. The van der Waals surface area contributed by atoms with E-state index in [4.69, 9.17) is 4.42 Å². The Morgan fingerprint density at radius 1 is 1.25 bits per heavy atom. The van der Waals surface area contributed by atoms with Gasteiger partial charge in [-0.1, -0.05) is 12.1 Å². The number of rotatable bonds is 7. The van der Waals surface area contributed by atoms with Crippen LogP contribution in [0.3, 0.4) is 0 Å². The van der Waals surface area contributed by atoms with Crippen LogP contribution in [0.5, 0.6) is 0 Å². The summed E-state index contributed by atoms with van der Waals surface area (Å²) in [7, 11) is 1.83. The van der Waals surface area contributed by atoms with Crippen molar-refractivity contribution in [3.63, 3.8) is 0 Å². The molecule has 9 heteroatoms. The van der Waals surface area contributed by atoms with Crippen molar-refractivity contribution >= 4 is 11.9 Å². The lowest BCUT2D eigenvalue weighted by Gasteiger charge is -2.24. The maximum Gasteiger partial charge on any atom is 0.321 e. The fraction of sp³-hybridized carbons (Fsp3) is 0.263. The molecule has 2 aromatic heterocycles. The molecule has 1 unspecified atom stereocenters. The summed E-state index contributed by atoms with van der Waals surface area (Å²) in [5.74, 6) is 0.230. The first-order valence-corrected chi connectivity index (χ1v) is 8.78. The van der Waals surface area contributed by atoms with E-state index < -0.39 is 6.03 Å². The highest BCUT2D eigenvalue weighted by Gasteiger charge is 2.16. The van der Waals surface area contributed by atoms with Crippen LogP contribution in [0.4, 0.5) is 4.79 Å². The molecule has 0 radical (unpaired) electrons. The molecule has 1 aromatic carbocycles. The van der Waals surface area contributed by atoms with Crippen molar-refractivity contribution in [1.29, 1.82) is 0 Å². The van der Waals surface area contributed by atoms with Crippen molar-refractivity contribution in [2.45, 2.75) is 19.5 Å². The molecule has 28 heavy (non-hydrogen) atoms. The van der Waals surface area contributed by atoms with Crippen molar-refractivity contribution in [3.05, 3.63) is 66.6 Å². The number of hydrogen-bond acceptors (Lipinski definition) is 6. The van der Waals surface area contributed by atoms with Crippen LogP contribution >= 0.6 is 0 Å². The Bertz CT molecular complexity index is 890. The minimum Gasteiger partial charge on any atom is -0.467 e. The average molecular weight is 382 g/mol. The van der Waals surface area contributed by atoms with E-state index in [1.54, 1.807) is 23.1 Å². The van der Waals surface area contributed by atoms with Gasteiger partial charge in [-0.2, -0.15) is 5.10 Å². The minimum atomic E-state index is -0.556. The number of carbonyl (C=O) groups excluding carboxylic acids is 2. The van der Waals surface area contributed by atoms with E-state index in [9.17, 15) is 9.59 Å². The number of hydrogen-bond donors (Lipinski definition) is 2. The second-order valence-corrected chi connectivity index (χ2v) is 6.33. The van der Waals surface area contributed by atoms with Gasteiger partial charge < -0.3 is 9.73 Å². The summed E-state index contributed by atoms with van der Waals surface area (Å²) >= 11 is 0. The van der Waals surface area contributed by atoms with E-state index in [-0.39, 0.29) is 25.0 Å². The first-order chi connectivity index (χ1) is 13.5. The molecular formula is C19H22N6O3. The highest BCUT2D eigenvalue weighted by atomic mass is 16.3. The number of furan rings is 1. The third-order valence-corrected chi connectivity index (χ3v) is 4.37. The number of urea groups is 1. The van der Waals surface area contributed by atoms with Crippen LogP contribution in [-0.4, -0.2) is 45.2 Å². The van der Waals surface area contributed by atoms with Crippen LogP contribution in [0.25, 0.3) is 5.69 Å². The molecule has 9 nitrogen and oxygen atoms in total. The quantitative estimate of drug-likeness (QED) is 0.646. The van der Waals surface area contributed by atoms with Gasteiger partial charge in [0, 0.05) is 6.04 Å². The fourth-order valence-electron chi connectivity index (χ4n) is 2.66. The van der Waals surface area contributed by atoms with Crippen molar-refractivity contribution < 1.29 is 14.0 Å². The van der Waals surface area contributed by atoms with Crippen LogP contribution in [-0.2, 0) is 11.3 Å². The standard InChI is InChI=1S/C19H22N6O3/c1-14(15-5-7-16(8-6-15)25-13-20-12-22-25)24(2)11-18(26)23-19(27)21-10-17-4-3-9-28-17/h3-9,12-14H,10-11H2,1-2H3,(H2,21,23,26,27). The lowest BCUT2D eigenvalue weighted by Crippen LogP contribution is -2.43. The number of nitrogens with zero attached hydrogens (tertiary/aromatic N) is 4. The smallest absolute Gasteiger partial charge is 0.321 e. The Morgan fingerprint density at radius 3 is 2.68 bits per heavy atom. The summed E-state index contributed by atoms with van der Waals surface area (Å²) in [6, 6.07) is 10.7. The molecule has 146 valence electrons. The Labute approximate surface area is 162 Å². The first-order valence-electron chi connectivity index (χ1n) is 8.78. The summed E-state index contributed by atoms with van der Waals surface area (Å²) in [5, 5.41) is 8.98. The molecule has 0 aliphatic carbocycles. The van der Waals surface area contributed by atoms with E-state index in [0.717, 1.165) is 11.3 Å². The number of nitrogens with one attached hydrogen (secondary N) is 2. The highest BCUT2D eigenvalue weighted by Crippen LogP contribution is 2.19. The number of amides is 3. The topological polar surface area (TPSA) is 105 Å². The van der Waals surface area contributed by atoms with Crippen LogP contribution in [0.1, 0.15) is 24.3 Å². The second-order valence-electron chi connectivity index (χ2n) is 6.33. The SMILES string of the molecule is CC(c1ccc(-n2cncn2)cc1)N(C)CC(=O)NC(=O)NCc1ccco1. The molecular weight excluding hydrogens is 360 g/mol. The van der Waals surface area contributed by atoms with Crippen LogP contribution in [0.2, 0.25) is 0 Å². The van der Waals surface area contributed by atoms with Gasteiger partial charge in [-0.05, 0) is 43.8 Å². The lowest BCUT2D eigenvalue weighted by molar-refractivity contribution is -0.121. The molecule has 0 saturated heterocycles.